The number of nitrogens with zero attached hydrogens (tertiary/aromatic N) is 1. The van der Waals surface area contributed by atoms with Crippen molar-refractivity contribution in [3.63, 3.8) is 0 Å². The summed E-state index contributed by atoms with van der Waals surface area (Å²) in [5.74, 6) is 1.47. The first-order chi connectivity index (χ1) is 7.04. The number of carbonyl (C=O) groups excluding carboxylic acids is 1. The standard InChI is InChI=1S/C12H20BrNO/c1-12(2)7-10(12)11(15)14-6-4-9(8-14)3-5-13/h9-10H,3-8H2,1-2H3. The molecule has 0 spiro atoms. The van der Waals surface area contributed by atoms with Gasteiger partial charge in [0.15, 0.2) is 0 Å². The summed E-state index contributed by atoms with van der Waals surface area (Å²) in [6.45, 7) is 6.38. The van der Waals surface area contributed by atoms with Crippen molar-refractivity contribution in [1.82, 2.24) is 4.90 Å². The highest BCUT2D eigenvalue weighted by molar-refractivity contribution is 9.09. The second-order valence-corrected chi connectivity index (χ2v) is 6.45. The molecule has 1 saturated carbocycles. The minimum absolute atomic E-state index is 0.282. The van der Waals surface area contributed by atoms with Gasteiger partial charge in [0.25, 0.3) is 0 Å². The molecule has 0 radical (unpaired) electrons. The summed E-state index contributed by atoms with van der Waals surface area (Å²) >= 11 is 3.47. The molecule has 1 saturated heterocycles. The number of halogens is 1. The van der Waals surface area contributed by atoms with E-state index in [0.717, 1.165) is 30.8 Å². The molecule has 2 unspecified atom stereocenters. The molecule has 0 bridgehead atoms. The van der Waals surface area contributed by atoms with Crippen LogP contribution >= 0.6 is 15.9 Å². The van der Waals surface area contributed by atoms with Crippen molar-refractivity contribution < 1.29 is 4.79 Å². The Morgan fingerprint density at radius 2 is 2.20 bits per heavy atom. The van der Waals surface area contributed by atoms with E-state index in [-0.39, 0.29) is 5.41 Å². The molecule has 1 amide bonds. The molecule has 1 aliphatic carbocycles. The van der Waals surface area contributed by atoms with Crippen LogP contribution in [0.1, 0.15) is 33.1 Å². The van der Waals surface area contributed by atoms with Crippen LogP contribution < -0.4 is 0 Å². The summed E-state index contributed by atoms with van der Waals surface area (Å²) in [4.78, 5) is 14.2. The van der Waals surface area contributed by atoms with Gasteiger partial charge in [-0.15, -0.1) is 0 Å². The van der Waals surface area contributed by atoms with Crippen molar-refractivity contribution in [2.75, 3.05) is 18.4 Å². The Morgan fingerprint density at radius 3 is 2.73 bits per heavy atom. The van der Waals surface area contributed by atoms with Crippen molar-refractivity contribution in [3.8, 4) is 0 Å². The van der Waals surface area contributed by atoms with Crippen LogP contribution in [-0.2, 0) is 4.79 Å². The maximum absolute atomic E-state index is 12.1. The van der Waals surface area contributed by atoms with Gasteiger partial charge >= 0.3 is 0 Å². The van der Waals surface area contributed by atoms with Gasteiger partial charge in [0.05, 0.1) is 0 Å². The maximum Gasteiger partial charge on any atom is 0.226 e. The van der Waals surface area contributed by atoms with E-state index in [2.05, 4.69) is 34.7 Å². The molecule has 2 rings (SSSR count). The quantitative estimate of drug-likeness (QED) is 0.724. The molecule has 0 aromatic rings. The summed E-state index contributed by atoms with van der Waals surface area (Å²) < 4.78 is 0. The number of likely N-dealkylation sites (tertiary alicyclic amines) is 1. The fraction of sp³-hybridized carbons (Fsp3) is 0.917. The Labute approximate surface area is 101 Å². The highest BCUT2D eigenvalue weighted by Crippen LogP contribution is 2.52. The zero-order chi connectivity index (χ0) is 11.1. The lowest BCUT2D eigenvalue weighted by molar-refractivity contribution is -0.132. The molecule has 1 aliphatic heterocycles. The van der Waals surface area contributed by atoms with E-state index in [4.69, 9.17) is 0 Å². The lowest BCUT2D eigenvalue weighted by Gasteiger charge is -2.17. The van der Waals surface area contributed by atoms with Crippen LogP contribution in [0.5, 0.6) is 0 Å². The van der Waals surface area contributed by atoms with Gasteiger partial charge in [-0.25, -0.2) is 0 Å². The monoisotopic (exact) mass is 273 g/mol. The van der Waals surface area contributed by atoms with Gasteiger partial charge in [-0.3, -0.25) is 4.79 Å². The molecular weight excluding hydrogens is 254 g/mol. The predicted molar refractivity (Wildman–Crippen MR) is 65.0 cm³/mol. The first-order valence-corrected chi connectivity index (χ1v) is 7.01. The normalized spacial score (nSPS) is 33.1. The lowest BCUT2D eigenvalue weighted by atomic mass is 10.1. The van der Waals surface area contributed by atoms with Crippen LogP contribution in [0.25, 0.3) is 0 Å². The first-order valence-electron chi connectivity index (χ1n) is 5.89. The number of carbonyl (C=O) groups is 1. The summed E-state index contributed by atoms with van der Waals surface area (Å²) in [6.07, 6.45) is 3.49. The van der Waals surface area contributed by atoms with Gasteiger partial charge in [-0.1, -0.05) is 29.8 Å². The van der Waals surface area contributed by atoms with Crippen molar-refractivity contribution in [2.24, 2.45) is 17.3 Å². The number of hydrogen-bond donors (Lipinski definition) is 0. The molecule has 2 nitrogen and oxygen atoms in total. The largest absolute Gasteiger partial charge is 0.342 e. The van der Waals surface area contributed by atoms with Crippen molar-refractivity contribution in [1.29, 1.82) is 0 Å². The van der Waals surface area contributed by atoms with E-state index in [1.54, 1.807) is 0 Å². The van der Waals surface area contributed by atoms with E-state index in [0.29, 0.717) is 11.8 Å². The fourth-order valence-corrected chi connectivity index (χ4v) is 3.18. The second-order valence-electron chi connectivity index (χ2n) is 5.66. The van der Waals surface area contributed by atoms with E-state index < -0.39 is 0 Å². The van der Waals surface area contributed by atoms with Gasteiger partial charge in [-0.05, 0) is 30.6 Å². The number of hydrogen-bond acceptors (Lipinski definition) is 1. The minimum Gasteiger partial charge on any atom is -0.342 e. The molecule has 0 aromatic carbocycles. The number of alkyl halides is 1. The van der Waals surface area contributed by atoms with Gasteiger partial charge in [0.1, 0.15) is 0 Å². The predicted octanol–water partition coefficient (Wildman–Crippen LogP) is 2.67. The summed E-state index contributed by atoms with van der Waals surface area (Å²) in [7, 11) is 0. The van der Waals surface area contributed by atoms with Crippen molar-refractivity contribution >= 4 is 21.8 Å². The van der Waals surface area contributed by atoms with E-state index in [9.17, 15) is 4.79 Å². The number of rotatable bonds is 3. The Morgan fingerprint density at radius 1 is 1.53 bits per heavy atom. The van der Waals surface area contributed by atoms with Crippen LogP contribution in [-0.4, -0.2) is 29.2 Å². The van der Waals surface area contributed by atoms with Crippen LogP contribution in [0.4, 0.5) is 0 Å². The maximum atomic E-state index is 12.1. The molecule has 3 heteroatoms. The lowest BCUT2D eigenvalue weighted by Crippen LogP contribution is -2.31. The zero-order valence-corrected chi connectivity index (χ0v) is 11.2. The molecule has 2 fully saturated rings. The van der Waals surface area contributed by atoms with Gasteiger partial charge < -0.3 is 4.90 Å². The SMILES string of the molecule is CC1(C)CC1C(=O)N1CCC(CCBr)C1. The molecular formula is C12H20BrNO. The third kappa shape index (κ3) is 2.38. The minimum atomic E-state index is 0.282. The smallest absolute Gasteiger partial charge is 0.226 e. The Balaban J connectivity index is 1.84. The summed E-state index contributed by atoms with van der Waals surface area (Å²) in [6, 6.07) is 0. The van der Waals surface area contributed by atoms with Gasteiger partial charge in [0.2, 0.25) is 5.91 Å². The summed E-state index contributed by atoms with van der Waals surface area (Å²) in [5, 5.41) is 1.06. The average Bonchev–Trinajstić information content (AvgIpc) is 2.64. The number of amides is 1. The molecule has 1 heterocycles. The fourth-order valence-electron chi connectivity index (χ4n) is 2.53. The van der Waals surface area contributed by atoms with E-state index in [1.165, 1.54) is 12.8 Å². The van der Waals surface area contributed by atoms with Gasteiger partial charge in [0, 0.05) is 24.3 Å². The Hall–Kier alpha value is -0.0500. The Bertz CT molecular complexity index is 264. The molecule has 2 aliphatic rings. The van der Waals surface area contributed by atoms with Crippen LogP contribution in [0.3, 0.4) is 0 Å². The van der Waals surface area contributed by atoms with Crippen molar-refractivity contribution in [3.05, 3.63) is 0 Å². The first kappa shape index (κ1) is 11.4. The third-order valence-electron chi connectivity index (χ3n) is 3.93. The molecule has 15 heavy (non-hydrogen) atoms. The average molecular weight is 274 g/mol. The zero-order valence-electron chi connectivity index (χ0n) is 9.63. The summed E-state index contributed by atoms with van der Waals surface area (Å²) in [5.41, 5.74) is 0.282. The topological polar surface area (TPSA) is 20.3 Å². The van der Waals surface area contributed by atoms with Crippen LogP contribution in [0.15, 0.2) is 0 Å². The highest BCUT2D eigenvalue weighted by Gasteiger charge is 2.52. The van der Waals surface area contributed by atoms with E-state index in [1.807, 2.05) is 0 Å². The molecule has 86 valence electrons. The second kappa shape index (κ2) is 4.08. The Kier molecular flexibility index (Phi) is 3.11. The third-order valence-corrected chi connectivity index (χ3v) is 4.38. The highest BCUT2D eigenvalue weighted by atomic mass is 79.9. The van der Waals surface area contributed by atoms with Crippen LogP contribution in [0, 0.1) is 17.3 Å². The van der Waals surface area contributed by atoms with E-state index >= 15 is 0 Å². The molecule has 0 aromatic heterocycles. The molecule has 2 atom stereocenters. The van der Waals surface area contributed by atoms with Crippen molar-refractivity contribution in [2.45, 2.75) is 33.1 Å². The molecule has 0 N–H and O–H groups in total. The van der Waals surface area contributed by atoms with Gasteiger partial charge in [-0.2, -0.15) is 0 Å². The van der Waals surface area contributed by atoms with Crippen LogP contribution in [0.2, 0.25) is 0 Å².